The van der Waals surface area contributed by atoms with Crippen LogP contribution in [0, 0.1) is 0 Å². The van der Waals surface area contributed by atoms with E-state index in [0.717, 1.165) is 9.87 Å². The average Bonchev–Trinajstić information content (AvgIpc) is 2.57. The molecule has 0 N–H and O–H groups in total. The molecule has 2 rings (SSSR count). The molecule has 0 spiro atoms. The summed E-state index contributed by atoms with van der Waals surface area (Å²) >= 11 is 11.8. The van der Waals surface area contributed by atoms with Crippen LogP contribution in [0.1, 0.15) is 5.56 Å². The van der Waals surface area contributed by atoms with Crippen molar-refractivity contribution in [2.24, 2.45) is 0 Å². The van der Waals surface area contributed by atoms with E-state index in [1.54, 1.807) is 7.05 Å². The van der Waals surface area contributed by atoms with Crippen LogP contribution < -0.4 is 0 Å². The average molecular weight is 401 g/mol. The first-order chi connectivity index (χ1) is 11.7. The molecular weight excluding hydrogens is 383 g/mol. The number of benzene rings is 2. The predicted octanol–water partition coefficient (Wildman–Crippen LogP) is 3.27. The van der Waals surface area contributed by atoms with E-state index in [2.05, 4.69) is 0 Å². The van der Waals surface area contributed by atoms with Crippen molar-refractivity contribution < 1.29 is 13.2 Å². The summed E-state index contributed by atoms with van der Waals surface area (Å²) in [6.07, 6.45) is 0. The van der Waals surface area contributed by atoms with E-state index in [1.807, 2.05) is 30.3 Å². The minimum atomic E-state index is -3.92. The number of rotatable bonds is 6. The van der Waals surface area contributed by atoms with Crippen LogP contribution >= 0.6 is 23.2 Å². The van der Waals surface area contributed by atoms with Crippen molar-refractivity contribution in [1.82, 2.24) is 9.21 Å². The highest BCUT2D eigenvalue weighted by Gasteiger charge is 2.26. The van der Waals surface area contributed by atoms with Crippen molar-refractivity contribution in [3.05, 3.63) is 64.1 Å². The molecule has 8 heteroatoms. The summed E-state index contributed by atoms with van der Waals surface area (Å²) in [6, 6.07) is 13.6. The fourth-order valence-electron chi connectivity index (χ4n) is 2.18. The fraction of sp³-hybridized carbons (Fsp3) is 0.235. The minimum Gasteiger partial charge on any atom is -0.340 e. The van der Waals surface area contributed by atoms with E-state index in [0.29, 0.717) is 6.54 Å². The van der Waals surface area contributed by atoms with E-state index in [9.17, 15) is 13.2 Å². The highest BCUT2D eigenvalue weighted by molar-refractivity contribution is 7.89. The number of sulfonamides is 1. The molecule has 0 heterocycles. The van der Waals surface area contributed by atoms with E-state index in [1.165, 1.54) is 30.1 Å². The Bertz CT molecular complexity index is 857. The Morgan fingerprint density at radius 3 is 2.32 bits per heavy atom. The molecule has 1 amide bonds. The van der Waals surface area contributed by atoms with Gasteiger partial charge in [0.15, 0.2) is 0 Å². The Balaban J connectivity index is 2.10. The van der Waals surface area contributed by atoms with Crippen LogP contribution in [0.25, 0.3) is 0 Å². The van der Waals surface area contributed by atoms with E-state index >= 15 is 0 Å². The molecule has 25 heavy (non-hydrogen) atoms. The number of carbonyl (C=O) groups excluding carboxylic acids is 1. The topological polar surface area (TPSA) is 57.7 Å². The van der Waals surface area contributed by atoms with Crippen LogP contribution in [0.4, 0.5) is 0 Å². The Kier molecular flexibility index (Phi) is 6.46. The zero-order valence-electron chi connectivity index (χ0n) is 13.8. The number of halogens is 2. The SMILES string of the molecule is CN(Cc1ccccc1)C(=O)CN(C)S(=O)(=O)c1cc(Cl)ccc1Cl. The van der Waals surface area contributed by atoms with Gasteiger partial charge in [-0.05, 0) is 23.8 Å². The van der Waals surface area contributed by atoms with Crippen molar-refractivity contribution in [3.63, 3.8) is 0 Å². The van der Waals surface area contributed by atoms with Gasteiger partial charge in [0.2, 0.25) is 15.9 Å². The first-order valence-corrected chi connectivity index (χ1v) is 9.60. The Morgan fingerprint density at radius 2 is 1.68 bits per heavy atom. The summed E-state index contributed by atoms with van der Waals surface area (Å²) in [5.41, 5.74) is 0.960. The fourth-order valence-corrected chi connectivity index (χ4v) is 4.04. The molecule has 0 fully saturated rings. The van der Waals surface area contributed by atoms with E-state index in [-0.39, 0.29) is 27.4 Å². The summed E-state index contributed by atoms with van der Waals surface area (Å²) in [5.74, 6) is -0.326. The van der Waals surface area contributed by atoms with Gasteiger partial charge >= 0.3 is 0 Å². The van der Waals surface area contributed by atoms with Gasteiger partial charge in [-0.25, -0.2) is 8.42 Å². The van der Waals surface area contributed by atoms with E-state index < -0.39 is 10.0 Å². The summed E-state index contributed by atoms with van der Waals surface area (Å²) in [7, 11) is -0.963. The second kappa shape index (κ2) is 8.19. The Hall–Kier alpha value is -1.60. The lowest BCUT2D eigenvalue weighted by atomic mass is 10.2. The van der Waals surface area contributed by atoms with Gasteiger partial charge in [-0.1, -0.05) is 53.5 Å². The monoisotopic (exact) mass is 400 g/mol. The molecule has 0 aliphatic heterocycles. The van der Waals surface area contributed by atoms with Crippen LogP contribution in [0.3, 0.4) is 0 Å². The predicted molar refractivity (Wildman–Crippen MR) is 99.2 cm³/mol. The Morgan fingerprint density at radius 1 is 1.04 bits per heavy atom. The summed E-state index contributed by atoms with van der Waals surface area (Å²) in [6.45, 7) is 0.0972. The lowest BCUT2D eigenvalue weighted by Crippen LogP contribution is -2.39. The largest absolute Gasteiger partial charge is 0.340 e. The number of hydrogen-bond acceptors (Lipinski definition) is 3. The van der Waals surface area contributed by atoms with Gasteiger partial charge < -0.3 is 4.90 Å². The second-order valence-corrected chi connectivity index (χ2v) is 8.43. The van der Waals surface area contributed by atoms with Crippen molar-refractivity contribution >= 4 is 39.1 Å². The number of carbonyl (C=O) groups is 1. The third-order valence-electron chi connectivity index (χ3n) is 3.63. The smallest absolute Gasteiger partial charge is 0.244 e. The van der Waals surface area contributed by atoms with E-state index in [4.69, 9.17) is 23.2 Å². The highest BCUT2D eigenvalue weighted by atomic mass is 35.5. The summed E-state index contributed by atoms with van der Waals surface area (Å²) < 4.78 is 26.2. The number of hydrogen-bond donors (Lipinski definition) is 0. The zero-order valence-corrected chi connectivity index (χ0v) is 16.1. The molecule has 0 aliphatic rings. The molecule has 5 nitrogen and oxygen atoms in total. The van der Waals surface area contributed by atoms with Gasteiger partial charge in [0.05, 0.1) is 11.6 Å². The summed E-state index contributed by atoms with van der Waals surface area (Å²) in [4.78, 5) is 13.7. The van der Waals surface area contributed by atoms with Gasteiger partial charge in [0.25, 0.3) is 0 Å². The number of nitrogens with zero attached hydrogens (tertiary/aromatic N) is 2. The van der Waals surface area contributed by atoms with Gasteiger partial charge in [-0.15, -0.1) is 0 Å². The maximum Gasteiger partial charge on any atom is 0.244 e. The number of amides is 1. The van der Waals surface area contributed by atoms with Crippen LogP contribution in [0.5, 0.6) is 0 Å². The molecule has 0 bridgehead atoms. The normalized spacial score (nSPS) is 11.6. The molecule has 0 atom stereocenters. The van der Waals surface area contributed by atoms with Crippen LogP contribution in [0.2, 0.25) is 10.0 Å². The third-order valence-corrected chi connectivity index (χ3v) is 6.15. The minimum absolute atomic E-state index is 0.0568. The second-order valence-electron chi connectivity index (χ2n) is 5.57. The maximum atomic E-state index is 12.6. The molecule has 0 aromatic heterocycles. The molecule has 0 saturated carbocycles. The first kappa shape index (κ1) is 19.7. The van der Waals surface area contributed by atoms with Crippen molar-refractivity contribution in [3.8, 4) is 0 Å². The van der Waals surface area contributed by atoms with Crippen molar-refractivity contribution in [2.45, 2.75) is 11.4 Å². The molecule has 0 unspecified atom stereocenters. The molecule has 2 aromatic carbocycles. The third kappa shape index (κ3) is 4.95. The quantitative estimate of drug-likeness (QED) is 0.747. The molecule has 134 valence electrons. The Labute approximate surface area is 157 Å². The molecular formula is C17H18Cl2N2O3S. The van der Waals surface area contributed by atoms with Crippen molar-refractivity contribution in [2.75, 3.05) is 20.6 Å². The van der Waals surface area contributed by atoms with Crippen LogP contribution in [-0.4, -0.2) is 44.2 Å². The molecule has 2 aromatic rings. The zero-order chi connectivity index (χ0) is 18.6. The highest BCUT2D eigenvalue weighted by Crippen LogP contribution is 2.27. The van der Waals surface area contributed by atoms with Gasteiger partial charge in [0.1, 0.15) is 4.90 Å². The van der Waals surface area contributed by atoms with Gasteiger partial charge in [0, 0.05) is 25.7 Å². The van der Waals surface area contributed by atoms with Gasteiger partial charge in [-0.2, -0.15) is 4.31 Å². The summed E-state index contributed by atoms with van der Waals surface area (Å²) in [5, 5.41) is 0.310. The maximum absolute atomic E-state index is 12.6. The number of likely N-dealkylation sites (N-methyl/N-ethyl adjacent to an activating group) is 2. The first-order valence-electron chi connectivity index (χ1n) is 7.41. The lowest BCUT2D eigenvalue weighted by Gasteiger charge is -2.22. The molecule has 0 radical (unpaired) electrons. The standard InChI is InChI=1S/C17H18Cl2N2O3S/c1-20(11-13-6-4-3-5-7-13)17(22)12-21(2)25(23,24)16-10-14(18)8-9-15(16)19/h3-10H,11-12H2,1-2H3. The van der Waals surface area contributed by atoms with Crippen LogP contribution in [0.15, 0.2) is 53.4 Å². The molecule has 0 saturated heterocycles. The van der Waals surface area contributed by atoms with Crippen LogP contribution in [-0.2, 0) is 21.4 Å². The lowest BCUT2D eigenvalue weighted by molar-refractivity contribution is -0.130. The molecule has 0 aliphatic carbocycles. The van der Waals surface area contributed by atoms with Gasteiger partial charge in [-0.3, -0.25) is 4.79 Å². The van der Waals surface area contributed by atoms with Crippen molar-refractivity contribution in [1.29, 1.82) is 0 Å².